The van der Waals surface area contributed by atoms with Crippen molar-refractivity contribution in [2.75, 3.05) is 26.8 Å². The average Bonchev–Trinajstić information content (AvgIpc) is 2.89. The van der Waals surface area contributed by atoms with Crippen LogP contribution in [-0.4, -0.2) is 49.4 Å². The smallest absolute Gasteiger partial charge is 0.337 e. The lowest BCUT2D eigenvalue weighted by atomic mass is 9.94. The zero-order valence-corrected chi connectivity index (χ0v) is 21.9. The maximum absolute atomic E-state index is 12.0. The van der Waals surface area contributed by atoms with Crippen molar-refractivity contribution in [3.8, 4) is 5.75 Å². The van der Waals surface area contributed by atoms with Crippen molar-refractivity contribution in [1.29, 1.82) is 0 Å². The Hall–Kier alpha value is -3.19. The number of hydrazine groups is 1. The number of hydrogen-bond donors (Lipinski definition) is 2. The quantitative estimate of drug-likeness (QED) is 0.483. The first-order valence-electron chi connectivity index (χ1n) is 12.9. The highest BCUT2D eigenvalue weighted by atomic mass is 16.6. The summed E-state index contributed by atoms with van der Waals surface area (Å²) in [6.45, 7) is 8.36. The van der Waals surface area contributed by atoms with Crippen molar-refractivity contribution < 1.29 is 19.0 Å². The number of esters is 1. The average molecular weight is 494 g/mol. The van der Waals surface area contributed by atoms with E-state index in [1.54, 1.807) is 13.8 Å². The molecule has 1 aromatic carbocycles. The maximum Gasteiger partial charge on any atom is 0.337 e. The number of piperidine rings is 1. The fourth-order valence-electron chi connectivity index (χ4n) is 4.81. The maximum atomic E-state index is 12.0. The lowest BCUT2D eigenvalue weighted by Crippen LogP contribution is -2.43. The Morgan fingerprint density at radius 3 is 2.69 bits per heavy atom. The third-order valence-corrected chi connectivity index (χ3v) is 6.95. The van der Waals surface area contributed by atoms with Crippen LogP contribution in [0.2, 0.25) is 0 Å². The summed E-state index contributed by atoms with van der Waals surface area (Å²) in [7, 11) is 1.38. The molecule has 4 rings (SSSR count). The van der Waals surface area contributed by atoms with Gasteiger partial charge < -0.3 is 24.5 Å². The minimum Gasteiger partial charge on any atom is -0.494 e. The van der Waals surface area contributed by atoms with E-state index in [2.05, 4.69) is 58.3 Å². The molecule has 1 fully saturated rings. The van der Waals surface area contributed by atoms with Crippen molar-refractivity contribution >= 4 is 11.5 Å². The minimum atomic E-state index is -0.996. The van der Waals surface area contributed by atoms with Crippen LogP contribution in [0, 0.1) is 5.92 Å². The van der Waals surface area contributed by atoms with E-state index in [4.69, 9.17) is 14.2 Å². The van der Waals surface area contributed by atoms with Crippen molar-refractivity contribution in [1.82, 2.24) is 15.8 Å². The van der Waals surface area contributed by atoms with Crippen LogP contribution < -0.4 is 15.6 Å². The van der Waals surface area contributed by atoms with Crippen LogP contribution in [0.1, 0.15) is 52.0 Å². The first kappa shape index (κ1) is 25.9. The predicted octanol–water partition coefficient (Wildman–Crippen LogP) is 4.70. The lowest BCUT2D eigenvalue weighted by Gasteiger charge is -2.36. The molecule has 0 bridgehead atoms. The topological polar surface area (TPSA) is 72.1 Å². The molecule has 1 aliphatic carbocycles. The number of methoxy groups -OCH3 is 1. The number of nitrogens with one attached hydrogen (secondary N) is 2. The molecule has 1 unspecified atom stereocenters. The summed E-state index contributed by atoms with van der Waals surface area (Å²) in [4.78, 5) is 14.4. The molecule has 2 heterocycles. The summed E-state index contributed by atoms with van der Waals surface area (Å²) in [6, 6.07) is 8.19. The summed E-state index contributed by atoms with van der Waals surface area (Å²) in [6.07, 6.45) is 14.4. The Balaban J connectivity index is 1.26. The van der Waals surface area contributed by atoms with E-state index in [1.807, 2.05) is 19.1 Å². The normalized spacial score (nSPS) is 20.5. The van der Waals surface area contributed by atoms with Crippen molar-refractivity contribution in [3.63, 3.8) is 0 Å². The van der Waals surface area contributed by atoms with Gasteiger partial charge in [-0.15, -0.1) is 0 Å². The molecular formula is C29H39N3O4. The second kappa shape index (κ2) is 11.7. The van der Waals surface area contributed by atoms with Crippen LogP contribution in [0.3, 0.4) is 0 Å². The van der Waals surface area contributed by atoms with Gasteiger partial charge in [-0.25, -0.2) is 4.79 Å². The molecule has 3 aliphatic rings. The second-order valence-corrected chi connectivity index (χ2v) is 10.2. The van der Waals surface area contributed by atoms with Crippen LogP contribution in [-0.2, 0) is 14.3 Å². The first-order chi connectivity index (χ1) is 17.3. The molecule has 194 valence electrons. The molecule has 0 amide bonds. The highest BCUT2D eigenvalue weighted by Crippen LogP contribution is 2.29. The van der Waals surface area contributed by atoms with Gasteiger partial charge in [0.1, 0.15) is 11.6 Å². The Bertz CT molecular complexity index is 1050. The summed E-state index contributed by atoms with van der Waals surface area (Å²) < 4.78 is 17.1. The Morgan fingerprint density at radius 2 is 1.97 bits per heavy atom. The van der Waals surface area contributed by atoms with Crippen LogP contribution in [0.15, 0.2) is 66.2 Å². The highest BCUT2D eigenvalue weighted by Gasteiger charge is 2.32. The number of ether oxygens (including phenoxy) is 3. The summed E-state index contributed by atoms with van der Waals surface area (Å²) in [5, 5.41) is 0. The molecule has 0 aromatic heterocycles. The van der Waals surface area contributed by atoms with Crippen LogP contribution >= 0.6 is 0 Å². The number of allylic oxidation sites excluding steroid dienone is 5. The first-order valence-corrected chi connectivity index (χ1v) is 12.9. The molecule has 0 radical (unpaired) electrons. The van der Waals surface area contributed by atoms with Gasteiger partial charge in [-0.2, -0.15) is 0 Å². The highest BCUT2D eigenvalue weighted by molar-refractivity contribution is 5.79. The summed E-state index contributed by atoms with van der Waals surface area (Å²) in [5.74, 6) is 2.33. The van der Waals surface area contributed by atoms with Gasteiger partial charge in [-0.1, -0.05) is 24.3 Å². The molecule has 7 heteroatoms. The van der Waals surface area contributed by atoms with Crippen LogP contribution in [0.25, 0.3) is 5.57 Å². The number of nitrogens with zero attached hydrogens (tertiary/aromatic N) is 1. The molecule has 1 aromatic rings. The third-order valence-electron chi connectivity index (χ3n) is 6.95. The second-order valence-electron chi connectivity index (χ2n) is 10.2. The molecule has 2 N–H and O–H groups in total. The molecule has 36 heavy (non-hydrogen) atoms. The fourth-order valence-corrected chi connectivity index (χ4v) is 4.81. The van der Waals surface area contributed by atoms with Gasteiger partial charge in [0, 0.05) is 18.8 Å². The summed E-state index contributed by atoms with van der Waals surface area (Å²) in [5.41, 5.74) is 8.74. The Morgan fingerprint density at radius 1 is 1.17 bits per heavy atom. The fraction of sp³-hybridized carbons (Fsp3) is 0.483. The van der Waals surface area contributed by atoms with Crippen molar-refractivity contribution in [3.05, 3.63) is 71.7 Å². The number of rotatable bonds is 9. The molecule has 1 atom stereocenters. The number of carbonyl (C=O) groups excluding carboxylic acids is 1. The van der Waals surface area contributed by atoms with Gasteiger partial charge in [0.25, 0.3) is 0 Å². The Labute approximate surface area is 214 Å². The number of benzene rings is 1. The number of likely N-dealkylation sites (tertiary alicyclic amines) is 1. The molecular weight excluding hydrogens is 454 g/mol. The van der Waals surface area contributed by atoms with E-state index < -0.39 is 5.60 Å². The molecule has 1 saturated heterocycles. The summed E-state index contributed by atoms with van der Waals surface area (Å²) >= 11 is 0. The van der Waals surface area contributed by atoms with Gasteiger partial charge in [0.15, 0.2) is 5.60 Å². The van der Waals surface area contributed by atoms with Gasteiger partial charge in [-0.3, -0.25) is 5.43 Å². The monoisotopic (exact) mass is 493 g/mol. The van der Waals surface area contributed by atoms with Crippen LogP contribution in [0.4, 0.5) is 0 Å². The standard InChI is InChI=1S/C29H39N3O4/c1-21-11-12-27(31-30-21)32-16-13-22(14-17-32)15-18-35-25-9-5-7-23(19-25)24-8-6-10-26(20-24)36-29(2,3)28(33)34-4/h5-9,11-12,19-20,22,26,30-31H,10,13-18H2,1-4H3. The van der Waals surface area contributed by atoms with E-state index in [9.17, 15) is 4.79 Å². The molecule has 0 saturated carbocycles. The van der Waals surface area contributed by atoms with Gasteiger partial charge >= 0.3 is 5.97 Å². The van der Waals surface area contributed by atoms with E-state index in [-0.39, 0.29) is 12.1 Å². The van der Waals surface area contributed by atoms with Gasteiger partial charge in [0.2, 0.25) is 0 Å². The molecule has 7 nitrogen and oxygen atoms in total. The lowest BCUT2D eigenvalue weighted by molar-refractivity contribution is -0.168. The van der Waals surface area contributed by atoms with E-state index in [1.165, 1.54) is 20.0 Å². The zero-order chi connectivity index (χ0) is 25.5. The van der Waals surface area contributed by atoms with E-state index in [0.29, 0.717) is 12.5 Å². The molecule has 2 aliphatic heterocycles. The van der Waals surface area contributed by atoms with Crippen molar-refractivity contribution in [2.24, 2.45) is 5.92 Å². The molecule has 0 spiro atoms. The van der Waals surface area contributed by atoms with Crippen molar-refractivity contribution in [2.45, 2.75) is 58.2 Å². The minimum absolute atomic E-state index is 0.190. The van der Waals surface area contributed by atoms with E-state index >= 15 is 0 Å². The van der Waals surface area contributed by atoms with Crippen LogP contribution in [0.5, 0.6) is 5.75 Å². The number of hydrogen-bond acceptors (Lipinski definition) is 7. The van der Waals surface area contributed by atoms with Gasteiger partial charge in [0.05, 0.1) is 19.8 Å². The third kappa shape index (κ3) is 6.72. The SMILES string of the molecule is COC(=O)C(C)(C)OC1C=C(c2cccc(OCCC3CCN(C4=CC=C(C)NN4)CC3)c2)C=CC1. The largest absolute Gasteiger partial charge is 0.494 e. The van der Waals surface area contributed by atoms with E-state index in [0.717, 1.165) is 54.3 Å². The predicted molar refractivity (Wildman–Crippen MR) is 142 cm³/mol. The van der Waals surface area contributed by atoms with Gasteiger partial charge in [-0.05, 0) is 93.9 Å². The zero-order valence-electron chi connectivity index (χ0n) is 21.9. The Kier molecular flexibility index (Phi) is 8.41. The number of carbonyl (C=O) groups is 1.